The zero-order chi connectivity index (χ0) is 21.1. The average molecular weight is 541 g/mol. The summed E-state index contributed by atoms with van der Waals surface area (Å²) in [7, 11) is 1.92. The maximum atomic E-state index is 5.99. The van der Waals surface area contributed by atoms with Gasteiger partial charge in [-0.3, -0.25) is 9.67 Å². The van der Waals surface area contributed by atoms with Gasteiger partial charge in [-0.25, -0.2) is 0 Å². The standard InChI is InChI=1S/C22H31N5O3.HI/c1-5-23-21(27-8-9-28-20(13-27)16-11-25-26(4)12-16)24-14-22(2,3)17-6-7-18-19(10-17)30-15-29-18;/h6-7,10-12,20H,5,8-9,13-15H2,1-4H3,(H,23,24);1H. The first-order valence-corrected chi connectivity index (χ1v) is 10.5. The number of morpholine rings is 1. The lowest BCUT2D eigenvalue weighted by atomic mass is 9.84. The van der Waals surface area contributed by atoms with Gasteiger partial charge in [0.05, 0.1) is 25.9 Å². The van der Waals surface area contributed by atoms with Crippen LogP contribution in [0.25, 0.3) is 0 Å². The molecule has 2 aromatic rings. The first-order valence-electron chi connectivity index (χ1n) is 10.5. The Labute approximate surface area is 201 Å². The summed E-state index contributed by atoms with van der Waals surface area (Å²) in [6.07, 6.45) is 3.89. The summed E-state index contributed by atoms with van der Waals surface area (Å²) in [5.41, 5.74) is 2.14. The number of aryl methyl sites for hydroxylation is 1. The molecule has 0 spiro atoms. The third-order valence-corrected chi connectivity index (χ3v) is 5.58. The normalized spacial score (nSPS) is 18.6. The van der Waals surface area contributed by atoms with Crippen LogP contribution in [-0.4, -0.2) is 60.2 Å². The molecule has 0 radical (unpaired) electrons. The molecule has 1 unspecified atom stereocenters. The summed E-state index contributed by atoms with van der Waals surface area (Å²) < 4.78 is 18.8. The number of rotatable bonds is 5. The van der Waals surface area contributed by atoms with Gasteiger partial charge in [0.1, 0.15) is 6.10 Å². The molecule has 2 aliphatic rings. The fourth-order valence-corrected chi connectivity index (χ4v) is 3.76. The van der Waals surface area contributed by atoms with Crippen LogP contribution < -0.4 is 14.8 Å². The predicted molar refractivity (Wildman–Crippen MR) is 130 cm³/mol. The molecule has 1 N–H and O–H groups in total. The molecule has 170 valence electrons. The maximum absolute atomic E-state index is 5.99. The highest BCUT2D eigenvalue weighted by Crippen LogP contribution is 2.36. The van der Waals surface area contributed by atoms with Crippen molar-refractivity contribution in [3.05, 3.63) is 41.7 Å². The largest absolute Gasteiger partial charge is 0.454 e. The van der Waals surface area contributed by atoms with Crippen molar-refractivity contribution in [1.29, 1.82) is 0 Å². The molecule has 1 atom stereocenters. The SMILES string of the molecule is CCNC(=NCC(C)(C)c1ccc2c(c1)OCO2)N1CCOC(c2cnn(C)c2)C1.I. The van der Waals surface area contributed by atoms with Crippen molar-refractivity contribution < 1.29 is 14.2 Å². The molecule has 1 aromatic carbocycles. The van der Waals surface area contributed by atoms with Gasteiger partial charge < -0.3 is 24.4 Å². The molecule has 0 aliphatic carbocycles. The van der Waals surface area contributed by atoms with Crippen molar-refractivity contribution in [2.75, 3.05) is 39.6 Å². The molecule has 1 aromatic heterocycles. The van der Waals surface area contributed by atoms with Crippen molar-refractivity contribution >= 4 is 29.9 Å². The van der Waals surface area contributed by atoms with Crippen molar-refractivity contribution in [1.82, 2.24) is 20.0 Å². The highest BCUT2D eigenvalue weighted by molar-refractivity contribution is 14.0. The smallest absolute Gasteiger partial charge is 0.231 e. The highest BCUT2D eigenvalue weighted by atomic mass is 127. The van der Waals surface area contributed by atoms with E-state index in [0.29, 0.717) is 13.2 Å². The van der Waals surface area contributed by atoms with Gasteiger partial charge >= 0.3 is 0 Å². The fourth-order valence-electron chi connectivity index (χ4n) is 3.76. The van der Waals surface area contributed by atoms with Crippen LogP contribution in [0.1, 0.15) is 38.0 Å². The van der Waals surface area contributed by atoms with Gasteiger partial charge in [-0.1, -0.05) is 19.9 Å². The summed E-state index contributed by atoms with van der Waals surface area (Å²) in [6.45, 7) is 10.5. The van der Waals surface area contributed by atoms with E-state index in [1.165, 1.54) is 5.56 Å². The number of halogens is 1. The Morgan fingerprint density at radius 1 is 1.29 bits per heavy atom. The van der Waals surface area contributed by atoms with E-state index in [-0.39, 0.29) is 42.3 Å². The lowest BCUT2D eigenvalue weighted by Gasteiger charge is -2.35. The second-order valence-electron chi connectivity index (χ2n) is 8.37. The van der Waals surface area contributed by atoms with Crippen LogP contribution in [0.2, 0.25) is 0 Å². The summed E-state index contributed by atoms with van der Waals surface area (Å²) in [4.78, 5) is 7.27. The highest BCUT2D eigenvalue weighted by Gasteiger charge is 2.27. The van der Waals surface area contributed by atoms with Gasteiger partial charge in [-0.15, -0.1) is 24.0 Å². The summed E-state index contributed by atoms with van der Waals surface area (Å²) >= 11 is 0. The molecule has 3 heterocycles. The van der Waals surface area contributed by atoms with Crippen LogP contribution in [0.5, 0.6) is 11.5 Å². The number of aromatic nitrogens is 2. The monoisotopic (exact) mass is 541 g/mol. The predicted octanol–water partition coefficient (Wildman–Crippen LogP) is 3.08. The number of hydrogen-bond acceptors (Lipinski definition) is 5. The van der Waals surface area contributed by atoms with Crippen LogP contribution in [0.15, 0.2) is 35.6 Å². The minimum Gasteiger partial charge on any atom is -0.454 e. The fraction of sp³-hybridized carbons (Fsp3) is 0.545. The molecule has 2 aliphatic heterocycles. The van der Waals surface area contributed by atoms with Crippen LogP contribution in [0.3, 0.4) is 0 Å². The van der Waals surface area contributed by atoms with Crippen molar-refractivity contribution in [2.24, 2.45) is 12.0 Å². The van der Waals surface area contributed by atoms with E-state index >= 15 is 0 Å². The Morgan fingerprint density at radius 2 is 2.10 bits per heavy atom. The molecule has 31 heavy (non-hydrogen) atoms. The van der Waals surface area contributed by atoms with Gasteiger partial charge in [0.2, 0.25) is 6.79 Å². The number of guanidine groups is 1. The Bertz CT molecular complexity index is 914. The van der Waals surface area contributed by atoms with E-state index in [9.17, 15) is 0 Å². The molecular formula is C22H32IN5O3. The molecule has 0 bridgehead atoms. The van der Waals surface area contributed by atoms with Crippen LogP contribution in [-0.2, 0) is 17.2 Å². The quantitative estimate of drug-likeness (QED) is 0.357. The van der Waals surface area contributed by atoms with Crippen LogP contribution in [0, 0.1) is 0 Å². The van der Waals surface area contributed by atoms with Gasteiger partial charge in [-0.05, 0) is 24.6 Å². The first kappa shape index (κ1) is 23.6. The Balaban J connectivity index is 0.00000272. The number of benzene rings is 1. The van der Waals surface area contributed by atoms with Gasteiger partial charge in [-0.2, -0.15) is 5.10 Å². The van der Waals surface area contributed by atoms with Gasteiger partial charge in [0, 0.05) is 37.3 Å². The van der Waals surface area contributed by atoms with Crippen molar-refractivity contribution in [2.45, 2.75) is 32.3 Å². The van der Waals surface area contributed by atoms with Crippen LogP contribution >= 0.6 is 24.0 Å². The second kappa shape index (κ2) is 10.1. The number of nitrogens with zero attached hydrogens (tertiary/aromatic N) is 4. The zero-order valence-corrected chi connectivity index (χ0v) is 21.0. The number of nitrogens with one attached hydrogen (secondary N) is 1. The third kappa shape index (κ3) is 5.43. The molecular weight excluding hydrogens is 509 g/mol. The van der Waals surface area contributed by atoms with Gasteiger partial charge in [0.15, 0.2) is 17.5 Å². The van der Waals surface area contributed by atoms with E-state index < -0.39 is 0 Å². The van der Waals surface area contributed by atoms with E-state index in [0.717, 1.165) is 42.7 Å². The van der Waals surface area contributed by atoms with Crippen molar-refractivity contribution in [3.63, 3.8) is 0 Å². The molecule has 9 heteroatoms. The lowest BCUT2D eigenvalue weighted by Crippen LogP contribution is -2.48. The topological polar surface area (TPSA) is 73.1 Å². The molecule has 0 amide bonds. The summed E-state index contributed by atoms with van der Waals surface area (Å²) in [6, 6.07) is 6.15. The third-order valence-electron chi connectivity index (χ3n) is 5.58. The van der Waals surface area contributed by atoms with E-state index in [1.807, 2.05) is 30.2 Å². The minimum absolute atomic E-state index is 0. The van der Waals surface area contributed by atoms with E-state index in [4.69, 9.17) is 19.2 Å². The molecule has 8 nitrogen and oxygen atoms in total. The van der Waals surface area contributed by atoms with Crippen molar-refractivity contribution in [3.8, 4) is 11.5 Å². The Morgan fingerprint density at radius 3 is 2.84 bits per heavy atom. The molecule has 1 saturated heterocycles. The summed E-state index contributed by atoms with van der Waals surface area (Å²) in [5.74, 6) is 2.54. The van der Waals surface area contributed by atoms with Crippen LogP contribution in [0.4, 0.5) is 0 Å². The first-order chi connectivity index (χ1) is 14.5. The van der Waals surface area contributed by atoms with E-state index in [1.54, 1.807) is 0 Å². The number of hydrogen-bond donors (Lipinski definition) is 1. The lowest BCUT2D eigenvalue weighted by molar-refractivity contribution is -0.00806. The molecule has 4 rings (SSSR count). The Hall–Kier alpha value is -2.01. The summed E-state index contributed by atoms with van der Waals surface area (Å²) in [5, 5.41) is 7.73. The average Bonchev–Trinajstić information content (AvgIpc) is 3.39. The molecule has 0 saturated carbocycles. The number of aliphatic imine (C=N–C) groups is 1. The maximum Gasteiger partial charge on any atom is 0.231 e. The number of ether oxygens (including phenoxy) is 3. The molecule has 1 fully saturated rings. The van der Waals surface area contributed by atoms with E-state index in [2.05, 4.69) is 48.2 Å². The van der Waals surface area contributed by atoms with Gasteiger partial charge in [0.25, 0.3) is 0 Å². The number of fused-ring (bicyclic) bond motifs is 1. The minimum atomic E-state index is -0.142. The second-order valence-corrected chi connectivity index (χ2v) is 8.37. The zero-order valence-electron chi connectivity index (χ0n) is 18.6. The Kier molecular flexibility index (Phi) is 7.68.